The molecule has 0 bridgehead atoms. The minimum Gasteiger partial charge on any atom is -0.380 e. The molecule has 4 heteroatoms. The Labute approximate surface area is 101 Å². The number of ether oxygens (including phenoxy) is 1. The van der Waals surface area contributed by atoms with Crippen LogP contribution in [0.5, 0.6) is 0 Å². The van der Waals surface area contributed by atoms with Gasteiger partial charge in [0.2, 0.25) is 0 Å². The second kappa shape index (κ2) is 4.89. The molecule has 1 unspecified atom stereocenters. The van der Waals surface area contributed by atoms with Gasteiger partial charge in [0.25, 0.3) is 5.91 Å². The van der Waals surface area contributed by atoms with E-state index in [0.717, 1.165) is 17.9 Å². The van der Waals surface area contributed by atoms with Crippen LogP contribution in [0, 0.1) is 0 Å². The number of likely N-dealkylation sites (tertiary alicyclic amines) is 1. The summed E-state index contributed by atoms with van der Waals surface area (Å²) < 4.78 is 5.24. The van der Waals surface area contributed by atoms with E-state index in [-0.39, 0.29) is 12.0 Å². The maximum absolute atomic E-state index is 12.1. The third kappa shape index (κ3) is 2.39. The number of rotatable bonds is 2. The van der Waals surface area contributed by atoms with Crippen LogP contribution in [0.25, 0.3) is 0 Å². The van der Waals surface area contributed by atoms with Crippen LogP contribution in [0.4, 0.5) is 0 Å². The van der Waals surface area contributed by atoms with Crippen molar-refractivity contribution in [3.05, 3.63) is 29.8 Å². The number of carbonyl (C=O) groups is 1. The second-order valence-electron chi connectivity index (χ2n) is 3.95. The Morgan fingerprint density at radius 3 is 3.00 bits per heavy atom. The summed E-state index contributed by atoms with van der Waals surface area (Å²) in [5.41, 5.74) is 0.698. The number of carbonyl (C=O) groups excluding carboxylic acids is 1. The molecule has 0 radical (unpaired) electrons. The van der Waals surface area contributed by atoms with Crippen molar-refractivity contribution >= 4 is 18.5 Å². The standard InChI is InChI=1S/C12H15NO2S/c1-15-10-5-6-13(8-10)12(14)9-3-2-4-11(16)7-9/h2-4,7,10,16H,5-6,8H2,1H3. The number of methoxy groups -OCH3 is 1. The van der Waals surface area contributed by atoms with Gasteiger partial charge in [-0.2, -0.15) is 0 Å². The fourth-order valence-electron chi connectivity index (χ4n) is 1.93. The molecular weight excluding hydrogens is 222 g/mol. The van der Waals surface area contributed by atoms with E-state index in [9.17, 15) is 4.79 Å². The average molecular weight is 237 g/mol. The van der Waals surface area contributed by atoms with Crippen molar-refractivity contribution in [3.8, 4) is 0 Å². The first-order chi connectivity index (χ1) is 7.70. The zero-order valence-corrected chi connectivity index (χ0v) is 10.1. The second-order valence-corrected chi connectivity index (χ2v) is 4.46. The first kappa shape index (κ1) is 11.5. The molecule has 2 rings (SSSR count). The van der Waals surface area contributed by atoms with Gasteiger partial charge in [-0.3, -0.25) is 4.79 Å². The van der Waals surface area contributed by atoms with Gasteiger partial charge in [0, 0.05) is 30.7 Å². The van der Waals surface area contributed by atoms with Crippen LogP contribution in [0.1, 0.15) is 16.8 Å². The van der Waals surface area contributed by atoms with E-state index in [1.54, 1.807) is 13.2 Å². The van der Waals surface area contributed by atoms with Crippen molar-refractivity contribution in [1.29, 1.82) is 0 Å². The monoisotopic (exact) mass is 237 g/mol. The molecule has 1 atom stereocenters. The number of benzene rings is 1. The number of nitrogens with zero attached hydrogens (tertiary/aromatic N) is 1. The highest BCUT2D eigenvalue weighted by atomic mass is 32.1. The molecule has 1 heterocycles. The van der Waals surface area contributed by atoms with Gasteiger partial charge in [0.05, 0.1) is 6.10 Å². The van der Waals surface area contributed by atoms with Crippen LogP contribution in [0.2, 0.25) is 0 Å². The van der Waals surface area contributed by atoms with E-state index < -0.39 is 0 Å². The van der Waals surface area contributed by atoms with E-state index in [4.69, 9.17) is 4.74 Å². The van der Waals surface area contributed by atoms with Crippen LogP contribution < -0.4 is 0 Å². The Morgan fingerprint density at radius 2 is 2.38 bits per heavy atom. The normalized spacial score (nSPS) is 20.1. The average Bonchev–Trinajstić information content (AvgIpc) is 2.76. The van der Waals surface area contributed by atoms with Crippen molar-refractivity contribution in [2.75, 3.05) is 20.2 Å². The van der Waals surface area contributed by atoms with Crippen LogP contribution in [-0.4, -0.2) is 37.1 Å². The maximum Gasteiger partial charge on any atom is 0.253 e. The number of hydrogen-bond acceptors (Lipinski definition) is 3. The summed E-state index contributed by atoms with van der Waals surface area (Å²) in [6.45, 7) is 1.46. The highest BCUT2D eigenvalue weighted by Crippen LogP contribution is 2.17. The van der Waals surface area contributed by atoms with Crippen LogP contribution in [0.15, 0.2) is 29.2 Å². The van der Waals surface area contributed by atoms with Crippen molar-refractivity contribution < 1.29 is 9.53 Å². The predicted molar refractivity (Wildman–Crippen MR) is 65.0 cm³/mol. The smallest absolute Gasteiger partial charge is 0.253 e. The van der Waals surface area contributed by atoms with Crippen LogP contribution in [-0.2, 0) is 4.74 Å². The highest BCUT2D eigenvalue weighted by molar-refractivity contribution is 7.80. The lowest BCUT2D eigenvalue weighted by atomic mass is 10.2. The molecule has 0 saturated carbocycles. The molecule has 3 nitrogen and oxygen atoms in total. The molecule has 16 heavy (non-hydrogen) atoms. The Bertz CT molecular complexity index is 394. The number of amides is 1. The molecule has 1 aliphatic rings. The third-order valence-electron chi connectivity index (χ3n) is 2.86. The van der Waals surface area contributed by atoms with Crippen molar-refractivity contribution in [1.82, 2.24) is 4.90 Å². The molecule has 1 aromatic rings. The van der Waals surface area contributed by atoms with E-state index in [1.165, 1.54) is 0 Å². The number of thiol groups is 1. The molecule has 1 aromatic carbocycles. The van der Waals surface area contributed by atoms with Gasteiger partial charge in [-0.25, -0.2) is 0 Å². The van der Waals surface area contributed by atoms with Gasteiger partial charge in [-0.15, -0.1) is 12.6 Å². The van der Waals surface area contributed by atoms with Crippen molar-refractivity contribution in [2.24, 2.45) is 0 Å². The Kier molecular flexibility index (Phi) is 3.51. The fraction of sp³-hybridized carbons (Fsp3) is 0.417. The summed E-state index contributed by atoms with van der Waals surface area (Å²) in [7, 11) is 1.69. The first-order valence-corrected chi connectivity index (χ1v) is 5.76. The lowest BCUT2D eigenvalue weighted by molar-refractivity contribution is 0.0724. The molecule has 1 fully saturated rings. The molecule has 0 aromatic heterocycles. The van der Waals surface area contributed by atoms with Gasteiger partial charge < -0.3 is 9.64 Å². The van der Waals surface area contributed by atoms with Gasteiger partial charge >= 0.3 is 0 Å². The van der Waals surface area contributed by atoms with Crippen LogP contribution in [0.3, 0.4) is 0 Å². The maximum atomic E-state index is 12.1. The van der Waals surface area contributed by atoms with E-state index in [1.807, 2.05) is 23.1 Å². The largest absolute Gasteiger partial charge is 0.380 e. The molecule has 1 amide bonds. The van der Waals surface area contributed by atoms with Gasteiger partial charge in [0.15, 0.2) is 0 Å². The Hall–Kier alpha value is -1.00. The van der Waals surface area contributed by atoms with E-state index in [2.05, 4.69) is 12.6 Å². The van der Waals surface area contributed by atoms with Gasteiger partial charge in [-0.05, 0) is 24.6 Å². The van der Waals surface area contributed by atoms with Crippen molar-refractivity contribution in [2.45, 2.75) is 17.4 Å². The molecule has 1 aliphatic heterocycles. The van der Waals surface area contributed by atoms with E-state index >= 15 is 0 Å². The minimum absolute atomic E-state index is 0.0652. The highest BCUT2D eigenvalue weighted by Gasteiger charge is 2.26. The van der Waals surface area contributed by atoms with Gasteiger partial charge in [-0.1, -0.05) is 6.07 Å². The molecule has 0 spiro atoms. The summed E-state index contributed by atoms with van der Waals surface area (Å²) >= 11 is 4.23. The van der Waals surface area contributed by atoms with Crippen molar-refractivity contribution in [3.63, 3.8) is 0 Å². The molecule has 1 saturated heterocycles. The quantitative estimate of drug-likeness (QED) is 0.795. The molecular formula is C12H15NO2S. The topological polar surface area (TPSA) is 29.5 Å². The minimum atomic E-state index is 0.0652. The summed E-state index contributed by atoms with van der Waals surface area (Å²) in [5.74, 6) is 0.0652. The molecule has 0 N–H and O–H groups in total. The number of hydrogen-bond donors (Lipinski definition) is 1. The lowest BCUT2D eigenvalue weighted by Gasteiger charge is -2.16. The zero-order valence-electron chi connectivity index (χ0n) is 9.22. The zero-order chi connectivity index (χ0) is 11.5. The lowest BCUT2D eigenvalue weighted by Crippen LogP contribution is -2.29. The predicted octanol–water partition coefficient (Wildman–Crippen LogP) is 1.84. The Balaban J connectivity index is 2.08. The van der Waals surface area contributed by atoms with Crippen LogP contribution >= 0.6 is 12.6 Å². The summed E-state index contributed by atoms with van der Waals surface area (Å²) in [5, 5.41) is 0. The van der Waals surface area contributed by atoms with E-state index in [0.29, 0.717) is 12.1 Å². The summed E-state index contributed by atoms with van der Waals surface area (Å²) in [6, 6.07) is 7.33. The SMILES string of the molecule is COC1CCN(C(=O)c2cccc(S)c2)C1. The van der Waals surface area contributed by atoms with Gasteiger partial charge in [0.1, 0.15) is 0 Å². The Morgan fingerprint density at radius 1 is 1.56 bits per heavy atom. The molecule has 0 aliphatic carbocycles. The summed E-state index contributed by atoms with van der Waals surface area (Å²) in [6.07, 6.45) is 1.10. The first-order valence-electron chi connectivity index (χ1n) is 5.32. The molecule has 86 valence electrons. The fourth-order valence-corrected chi connectivity index (χ4v) is 2.15. The third-order valence-corrected chi connectivity index (χ3v) is 3.14. The summed E-state index contributed by atoms with van der Waals surface area (Å²) in [4.78, 5) is 14.7.